The van der Waals surface area contributed by atoms with Crippen LogP contribution in [0.1, 0.15) is 24.2 Å². The minimum absolute atomic E-state index is 0.604. The Kier molecular flexibility index (Phi) is 3.31. The van der Waals surface area contributed by atoms with Gasteiger partial charge in [0.15, 0.2) is 6.29 Å². The number of aldehydes is 1. The van der Waals surface area contributed by atoms with E-state index in [1.165, 1.54) is 11.3 Å². The van der Waals surface area contributed by atoms with Crippen LogP contribution in [-0.4, -0.2) is 19.4 Å². The smallest absolute Gasteiger partial charge is 0.153 e. The van der Waals surface area contributed by atoms with Crippen molar-refractivity contribution in [2.45, 2.75) is 13.8 Å². The minimum Gasteiger partial charge on any atom is -0.390 e. The molecular weight excluding hydrogens is 184 g/mol. The van der Waals surface area contributed by atoms with Crippen LogP contribution in [0.25, 0.3) is 0 Å². The lowest BCUT2D eigenvalue weighted by molar-refractivity contribution is 0.112. The topological polar surface area (TPSA) is 46.3 Å². The van der Waals surface area contributed by atoms with Crippen molar-refractivity contribution in [1.29, 1.82) is 0 Å². The molecule has 4 heteroatoms. The molecule has 0 amide bonds. The predicted octanol–water partition coefficient (Wildman–Crippen LogP) is 1.99. The second kappa shape index (κ2) is 4.28. The van der Waals surface area contributed by atoms with Crippen molar-refractivity contribution in [3.8, 4) is 0 Å². The summed E-state index contributed by atoms with van der Waals surface area (Å²) in [6.45, 7) is 6.05. The Labute approximate surface area is 82.2 Å². The third-order valence-corrected chi connectivity index (χ3v) is 3.02. The monoisotopic (exact) mass is 198 g/mol. The molecule has 1 rings (SSSR count). The summed E-state index contributed by atoms with van der Waals surface area (Å²) in [7, 11) is 0. The molecule has 0 spiro atoms. The number of nitrogen functional groups attached to an aromatic ring is 1. The van der Waals surface area contributed by atoms with Crippen LogP contribution in [0.2, 0.25) is 0 Å². The van der Waals surface area contributed by atoms with E-state index in [9.17, 15) is 4.79 Å². The summed E-state index contributed by atoms with van der Waals surface area (Å²) in [6.07, 6.45) is 0.804. The predicted molar refractivity (Wildman–Crippen MR) is 57.7 cm³/mol. The average Bonchev–Trinajstić information content (AvgIpc) is 2.49. The molecule has 0 bridgehead atoms. The molecule has 3 nitrogen and oxygen atoms in total. The van der Waals surface area contributed by atoms with Gasteiger partial charge in [0.25, 0.3) is 0 Å². The van der Waals surface area contributed by atoms with Crippen LogP contribution in [-0.2, 0) is 0 Å². The summed E-state index contributed by atoms with van der Waals surface area (Å²) < 4.78 is 0. The Hall–Kier alpha value is -1.03. The Bertz CT molecular complexity index is 292. The molecule has 0 aliphatic heterocycles. The van der Waals surface area contributed by atoms with Gasteiger partial charge in [-0.3, -0.25) is 4.79 Å². The van der Waals surface area contributed by atoms with Crippen molar-refractivity contribution >= 4 is 27.6 Å². The number of hydrogen-bond acceptors (Lipinski definition) is 4. The van der Waals surface area contributed by atoms with Gasteiger partial charge in [0.05, 0.1) is 15.6 Å². The first kappa shape index (κ1) is 10.1. The molecule has 2 N–H and O–H groups in total. The fourth-order valence-corrected chi connectivity index (χ4v) is 2.21. The molecule has 0 unspecified atom stereocenters. The number of carbonyl (C=O) groups excluding carboxylic acids is 1. The second-order valence-corrected chi connectivity index (χ2v) is 3.76. The van der Waals surface area contributed by atoms with Crippen molar-refractivity contribution in [3.05, 3.63) is 11.6 Å². The number of nitrogens with zero attached hydrogens (tertiary/aromatic N) is 1. The van der Waals surface area contributed by atoms with E-state index in [2.05, 4.69) is 18.7 Å². The lowest BCUT2D eigenvalue weighted by Gasteiger charge is -2.17. The zero-order chi connectivity index (χ0) is 9.84. The molecule has 0 saturated carbocycles. The summed E-state index contributed by atoms with van der Waals surface area (Å²) in [5, 5.41) is 1.68. The summed E-state index contributed by atoms with van der Waals surface area (Å²) >= 11 is 1.47. The fourth-order valence-electron chi connectivity index (χ4n) is 1.19. The standard InChI is InChI=1S/C9H14N2OS/c1-3-11(4-2)8-5-7(6-12)9(10)13-8/h5-6H,3-4,10H2,1-2H3. The molecule has 0 atom stereocenters. The average molecular weight is 198 g/mol. The minimum atomic E-state index is 0.604. The maximum Gasteiger partial charge on any atom is 0.153 e. The van der Waals surface area contributed by atoms with Crippen LogP contribution in [0.5, 0.6) is 0 Å². The highest BCUT2D eigenvalue weighted by Crippen LogP contribution is 2.31. The van der Waals surface area contributed by atoms with Crippen LogP contribution in [0.4, 0.5) is 10.0 Å². The Morgan fingerprint density at radius 1 is 1.54 bits per heavy atom. The molecule has 0 saturated heterocycles. The summed E-state index contributed by atoms with van der Waals surface area (Å²) in [4.78, 5) is 12.7. The first-order chi connectivity index (χ1) is 6.22. The van der Waals surface area contributed by atoms with Crippen LogP contribution in [0, 0.1) is 0 Å². The Morgan fingerprint density at radius 3 is 2.54 bits per heavy atom. The van der Waals surface area contributed by atoms with Gasteiger partial charge in [-0.05, 0) is 19.9 Å². The highest BCUT2D eigenvalue weighted by atomic mass is 32.1. The summed E-state index contributed by atoms with van der Waals surface area (Å²) in [5.41, 5.74) is 6.26. The van der Waals surface area contributed by atoms with Crippen molar-refractivity contribution in [3.63, 3.8) is 0 Å². The molecule has 1 heterocycles. The van der Waals surface area contributed by atoms with Crippen LogP contribution >= 0.6 is 11.3 Å². The highest BCUT2D eigenvalue weighted by molar-refractivity contribution is 7.20. The maximum absolute atomic E-state index is 10.5. The van der Waals surface area contributed by atoms with E-state index in [1.54, 1.807) is 0 Å². The normalized spacial score (nSPS) is 10.0. The van der Waals surface area contributed by atoms with Gasteiger partial charge in [-0.1, -0.05) is 0 Å². The lowest BCUT2D eigenvalue weighted by atomic mass is 10.3. The molecule has 0 aliphatic rings. The van der Waals surface area contributed by atoms with Crippen LogP contribution < -0.4 is 10.6 Å². The van der Waals surface area contributed by atoms with Crippen molar-refractivity contribution in [2.75, 3.05) is 23.7 Å². The number of carbonyl (C=O) groups is 1. The van der Waals surface area contributed by atoms with Gasteiger partial charge in [-0.25, -0.2) is 0 Å². The quantitative estimate of drug-likeness (QED) is 0.752. The van der Waals surface area contributed by atoms with E-state index in [0.29, 0.717) is 10.6 Å². The van der Waals surface area contributed by atoms with E-state index in [1.807, 2.05) is 6.07 Å². The molecule has 72 valence electrons. The van der Waals surface area contributed by atoms with E-state index in [0.717, 1.165) is 24.4 Å². The molecule has 1 aromatic rings. The molecule has 0 radical (unpaired) electrons. The van der Waals surface area contributed by atoms with Crippen molar-refractivity contribution in [1.82, 2.24) is 0 Å². The molecule has 0 aliphatic carbocycles. The summed E-state index contributed by atoms with van der Waals surface area (Å²) in [6, 6.07) is 1.85. The Balaban J connectivity index is 2.94. The third-order valence-electron chi connectivity index (χ3n) is 1.98. The van der Waals surface area contributed by atoms with E-state index in [4.69, 9.17) is 5.73 Å². The largest absolute Gasteiger partial charge is 0.390 e. The molecular formula is C9H14N2OS. The van der Waals surface area contributed by atoms with Gasteiger partial charge in [0, 0.05) is 13.1 Å². The van der Waals surface area contributed by atoms with Crippen molar-refractivity contribution < 1.29 is 4.79 Å². The summed E-state index contributed by atoms with van der Waals surface area (Å²) in [5.74, 6) is 0. The van der Waals surface area contributed by atoms with E-state index >= 15 is 0 Å². The molecule has 1 aromatic heterocycles. The van der Waals surface area contributed by atoms with Gasteiger partial charge in [0.2, 0.25) is 0 Å². The van der Waals surface area contributed by atoms with Gasteiger partial charge < -0.3 is 10.6 Å². The first-order valence-electron chi connectivity index (χ1n) is 4.32. The molecule has 0 fully saturated rings. The maximum atomic E-state index is 10.5. The zero-order valence-electron chi connectivity index (χ0n) is 7.91. The first-order valence-corrected chi connectivity index (χ1v) is 5.14. The van der Waals surface area contributed by atoms with E-state index < -0.39 is 0 Å². The third kappa shape index (κ3) is 2.01. The van der Waals surface area contributed by atoms with Crippen LogP contribution in [0.15, 0.2) is 6.07 Å². The zero-order valence-corrected chi connectivity index (χ0v) is 8.73. The van der Waals surface area contributed by atoms with Gasteiger partial charge in [-0.2, -0.15) is 0 Å². The lowest BCUT2D eigenvalue weighted by Crippen LogP contribution is -2.20. The van der Waals surface area contributed by atoms with Gasteiger partial charge >= 0.3 is 0 Å². The number of thiophene rings is 1. The number of rotatable bonds is 4. The fraction of sp³-hybridized carbons (Fsp3) is 0.444. The van der Waals surface area contributed by atoms with Gasteiger partial charge in [-0.15, -0.1) is 11.3 Å². The van der Waals surface area contributed by atoms with Crippen LogP contribution in [0.3, 0.4) is 0 Å². The second-order valence-electron chi connectivity index (χ2n) is 2.69. The Morgan fingerprint density at radius 2 is 2.15 bits per heavy atom. The van der Waals surface area contributed by atoms with Crippen molar-refractivity contribution in [2.24, 2.45) is 0 Å². The number of anilines is 2. The highest BCUT2D eigenvalue weighted by Gasteiger charge is 2.09. The SMILES string of the molecule is CCN(CC)c1cc(C=O)c(N)s1. The molecule has 0 aromatic carbocycles. The van der Waals surface area contributed by atoms with Gasteiger partial charge in [0.1, 0.15) is 0 Å². The van der Waals surface area contributed by atoms with E-state index in [-0.39, 0.29) is 0 Å². The number of hydrogen-bond donors (Lipinski definition) is 1. The molecule has 13 heavy (non-hydrogen) atoms. The number of nitrogens with two attached hydrogens (primary N) is 1.